The quantitative estimate of drug-likeness (QED) is 0.445. The fourth-order valence-corrected chi connectivity index (χ4v) is 5.60. The Morgan fingerprint density at radius 2 is 1.97 bits per heavy atom. The minimum absolute atomic E-state index is 0.137. The second-order valence-corrected chi connectivity index (χ2v) is 10.3. The molecule has 1 fully saturated rings. The molecule has 2 aromatic heterocycles. The number of benzene rings is 1. The van der Waals surface area contributed by atoms with E-state index in [9.17, 15) is 4.79 Å². The number of hydrogen-bond donors (Lipinski definition) is 1. The van der Waals surface area contributed by atoms with E-state index in [0.717, 1.165) is 48.4 Å². The SMILES string of the molecule is CC(C)Oc1nc2c([nH]1)CN(CCC1CCC(CC(=O)c3cccc4ncccc34)CC1)CC2. The number of carbonyl (C=O) groups is 1. The van der Waals surface area contributed by atoms with Gasteiger partial charge in [-0.05, 0) is 63.6 Å². The van der Waals surface area contributed by atoms with Crippen molar-refractivity contribution in [3.63, 3.8) is 0 Å². The topological polar surface area (TPSA) is 71.1 Å². The second kappa shape index (κ2) is 10.3. The molecule has 1 aliphatic carbocycles. The Bertz CT molecular complexity index is 1130. The molecular formula is C28H36N4O2. The van der Waals surface area contributed by atoms with Crippen molar-refractivity contribution in [3.05, 3.63) is 53.5 Å². The number of imidazole rings is 1. The van der Waals surface area contributed by atoms with Crippen molar-refractivity contribution in [2.45, 2.75) is 71.4 Å². The average Bonchev–Trinajstić information content (AvgIpc) is 3.24. The first kappa shape index (κ1) is 23.0. The molecule has 3 aromatic rings. The van der Waals surface area contributed by atoms with Gasteiger partial charge in [0.05, 0.1) is 23.0 Å². The molecule has 1 saturated carbocycles. The van der Waals surface area contributed by atoms with Crippen LogP contribution in [0.5, 0.6) is 6.01 Å². The number of aromatic amines is 1. The maximum atomic E-state index is 13.1. The van der Waals surface area contributed by atoms with Crippen molar-refractivity contribution in [1.29, 1.82) is 0 Å². The van der Waals surface area contributed by atoms with Crippen LogP contribution in [0.2, 0.25) is 0 Å². The first-order valence-electron chi connectivity index (χ1n) is 12.9. The van der Waals surface area contributed by atoms with Gasteiger partial charge < -0.3 is 9.72 Å². The molecule has 0 bridgehead atoms. The highest BCUT2D eigenvalue weighted by Gasteiger charge is 2.26. The predicted molar refractivity (Wildman–Crippen MR) is 134 cm³/mol. The summed E-state index contributed by atoms with van der Waals surface area (Å²) in [7, 11) is 0. The summed E-state index contributed by atoms with van der Waals surface area (Å²) in [5.74, 6) is 1.56. The number of pyridine rings is 1. The molecule has 6 heteroatoms. The smallest absolute Gasteiger partial charge is 0.294 e. The molecule has 0 radical (unpaired) electrons. The summed E-state index contributed by atoms with van der Waals surface area (Å²) in [4.78, 5) is 28.0. The maximum Gasteiger partial charge on any atom is 0.294 e. The van der Waals surface area contributed by atoms with Crippen LogP contribution in [0.15, 0.2) is 36.5 Å². The molecular weight excluding hydrogens is 424 g/mol. The van der Waals surface area contributed by atoms with Crippen LogP contribution in [0.4, 0.5) is 0 Å². The van der Waals surface area contributed by atoms with Crippen molar-refractivity contribution in [2.24, 2.45) is 11.8 Å². The van der Waals surface area contributed by atoms with Crippen molar-refractivity contribution in [1.82, 2.24) is 19.9 Å². The number of hydrogen-bond acceptors (Lipinski definition) is 5. The Morgan fingerprint density at radius 3 is 2.79 bits per heavy atom. The van der Waals surface area contributed by atoms with Crippen LogP contribution >= 0.6 is 0 Å². The summed E-state index contributed by atoms with van der Waals surface area (Å²) in [5, 5.41) is 0.980. The lowest BCUT2D eigenvalue weighted by Gasteiger charge is -2.31. The van der Waals surface area contributed by atoms with Crippen LogP contribution in [0.3, 0.4) is 0 Å². The lowest BCUT2D eigenvalue weighted by molar-refractivity contribution is 0.0941. The summed E-state index contributed by atoms with van der Waals surface area (Å²) < 4.78 is 5.73. The van der Waals surface area contributed by atoms with Gasteiger partial charge in [-0.3, -0.25) is 14.7 Å². The monoisotopic (exact) mass is 460 g/mol. The normalized spacial score (nSPS) is 21.0. The van der Waals surface area contributed by atoms with Gasteiger partial charge >= 0.3 is 0 Å². The van der Waals surface area contributed by atoms with E-state index in [1.54, 1.807) is 6.20 Å². The Kier molecular flexibility index (Phi) is 6.95. The van der Waals surface area contributed by atoms with Crippen LogP contribution in [0.25, 0.3) is 10.9 Å². The molecule has 180 valence electrons. The first-order valence-corrected chi connectivity index (χ1v) is 12.9. The average molecular weight is 461 g/mol. The molecule has 0 saturated heterocycles. The summed E-state index contributed by atoms with van der Waals surface area (Å²) in [6, 6.07) is 10.5. The molecule has 3 heterocycles. The molecule has 5 rings (SSSR count). The van der Waals surface area contributed by atoms with Gasteiger partial charge in [-0.15, -0.1) is 0 Å². The number of nitrogens with zero attached hydrogens (tertiary/aromatic N) is 3. The van der Waals surface area contributed by atoms with E-state index in [-0.39, 0.29) is 11.9 Å². The third-order valence-corrected chi connectivity index (χ3v) is 7.48. The van der Waals surface area contributed by atoms with Crippen LogP contribution in [0.1, 0.15) is 74.1 Å². The van der Waals surface area contributed by atoms with Gasteiger partial charge in [0.25, 0.3) is 6.01 Å². The minimum Gasteiger partial charge on any atom is -0.462 e. The molecule has 0 unspecified atom stereocenters. The minimum atomic E-state index is 0.137. The molecule has 0 spiro atoms. The van der Waals surface area contributed by atoms with Gasteiger partial charge in [0, 0.05) is 43.1 Å². The van der Waals surface area contributed by atoms with Gasteiger partial charge in [0.2, 0.25) is 0 Å². The van der Waals surface area contributed by atoms with Crippen molar-refractivity contribution in [2.75, 3.05) is 13.1 Å². The third kappa shape index (κ3) is 5.33. The number of aromatic nitrogens is 3. The van der Waals surface area contributed by atoms with E-state index in [1.807, 2.05) is 44.2 Å². The Balaban J connectivity index is 1.08. The summed E-state index contributed by atoms with van der Waals surface area (Å²) in [5.41, 5.74) is 4.12. The van der Waals surface area contributed by atoms with Crippen LogP contribution < -0.4 is 4.74 Å². The molecule has 0 amide bonds. The maximum absolute atomic E-state index is 13.1. The Hall–Kier alpha value is -2.73. The highest BCUT2D eigenvalue weighted by molar-refractivity contribution is 6.07. The largest absolute Gasteiger partial charge is 0.462 e. The standard InChI is InChI=1S/C28H36N4O2/c1-19(2)34-28-30-25-13-16-32(18-26(25)31-28)15-12-20-8-10-21(11-9-20)17-27(33)23-5-3-7-24-22(23)6-4-14-29-24/h3-7,14,19-21H,8-13,15-18H2,1-2H3,(H,30,31). The third-order valence-electron chi connectivity index (χ3n) is 7.48. The van der Waals surface area contributed by atoms with Gasteiger partial charge in [0.15, 0.2) is 5.78 Å². The zero-order valence-electron chi connectivity index (χ0n) is 20.4. The van der Waals surface area contributed by atoms with Crippen molar-refractivity contribution in [3.8, 4) is 6.01 Å². The number of ketones is 1. The van der Waals surface area contributed by atoms with E-state index in [1.165, 1.54) is 43.5 Å². The van der Waals surface area contributed by atoms with Gasteiger partial charge in [0.1, 0.15) is 0 Å². The number of carbonyl (C=O) groups excluding carboxylic acids is 1. The fourth-order valence-electron chi connectivity index (χ4n) is 5.60. The van der Waals surface area contributed by atoms with Gasteiger partial charge in [-0.1, -0.05) is 31.0 Å². The number of nitrogens with one attached hydrogen (secondary N) is 1. The number of fused-ring (bicyclic) bond motifs is 2. The van der Waals surface area contributed by atoms with Crippen molar-refractivity contribution >= 4 is 16.7 Å². The lowest BCUT2D eigenvalue weighted by Crippen LogP contribution is -2.32. The van der Waals surface area contributed by atoms with Crippen LogP contribution in [0, 0.1) is 11.8 Å². The molecule has 1 aromatic carbocycles. The molecule has 1 N–H and O–H groups in total. The first-order chi connectivity index (χ1) is 16.5. The number of ether oxygens (including phenoxy) is 1. The molecule has 6 nitrogen and oxygen atoms in total. The highest BCUT2D eigenvalue weighted by Crippen LogP contribution is 2.34. The Morgan fingerprint density at radius 1 is 1.15 bits per heavy atom. The van der Waals surface area contributed by atoms with E-state index >= 15 is 0 Å². The molecule has 34 heavy (non-hydrogen) atoms. The summed E-state index contributed by atoms with van der Waals surface area (Å²) in [6.07, 6.45) is 9.64. The van der Waals surface area contributed by atoms with E-state index in [2.05, 4.69) is 19.9 Å². The van der Waals surface area contributed by atoms with Crippen LogP contribution in [-0.4, -0.2) is 44.8 Å². The fraction of sp³-hybridized carbons (Fsp3) is 0.536. The van der Waals surface area contributed by atoms with Crippen molar-refractivity contribution < 1.29 is 9.53 Å². The van der Waals surface area contributed by atoms with E-state index in [0.29, 0.717) is 18.3 Å². The number of Topliss-reactive ketones (excluding diaryl/α,β-unsaturated/α-hetero) is 1. The number of H-pyrrole nitrogens is 1. The van der Waals surface area contributed by atoms with Crippen LogP contribution in [-0.2, 0) is 13.0 Å². The summed E-state index contributed by atoms with van der Waals surface area (Å²) in [6.45, 7) is 7.20. The van der Waals surface area contributed by atoms with Gasteiger partial charge in [-0.25, -0.2) is 4.98 Å². The number of rotatable bonds is 8. The molecule has 2 aliphatic rings. The van der Waals surface area contributed by atoms with E-state index in [4.69, 9.17) is 4.74 Å². The zero-order valence-corrected chi connectivity index (χ0v) is 20.4. The molecule has 1 aliphatic heterocycles. The van der Waals surface area contributed by atoms with E-state index < -0.39 is 0 Å². The summed E-state index contributed by atoms with van der Waals surface area (Å²) >= 11 is 0. The highest BCUT2D eigenvalue weighted by atomic mass is 16.5. The van der Waals surface area contributed by atoms with Gasteiger partial charge in [-0.2, -0.15) is 0 Å². The molecule has 0 atom stereocenters. The Labute approximate surface area is 202 Å². The second-order valence-electron chi connectivity index (χ2n) is 10.3. The zero-order chi connectivity index (χ0) is 23.5. The predicted octanol–water partition coefficient (Wildman–Crippen LogP) is 5.57. The lowest BCUT2D eigenvalue weighted by atomic mass is 9.78.